The smallest absolute Gasteiger partial charge is 0.163 e. The van der Waals surface area contributed by atoms with Gasteiger partial charge in [-0.25, -0.2) is 0 Å². The van der Waals surface area contributed by atoms with E-state index in [0.717, 1.165) is 11.1 Å². The molecule has 0 aromatic heterocycles. The van der Waals surface area contributed by atoms with Crippen LogP contribution in [0.25, 0.3) is 0 Å². The Morgan fingerprint density at radius 1 is 1.07 bits per heavy atom. The van der Waals surface area contributed by atoms with Gasteiger partial charge in [-0.3, -0.25) is 0 Å². The number of hydrogen-bond acceptors (Lipinski definition) is 5. The Morgan fingerprint density at radius 2 is 1.68 bits per heavy atom. The topological polar surface area (TPSA) is 51.2 Å². The van der Waals surface area contributed by atoms with Crippen LogP contribution in [0, 0.1) is 0 Å². The molecule has 0 aliphatic carbocycles. The molecule has 1 saturated heterocycles. The predicted molar refractivity (Wildman–Crippen MR) is 108 cm³/mol. The van der Waals surface area contributed by atoms with Crippen LogP contribution in [0.3, 0.4) is 0 Å². The Bertz CT molecular complexity index is 735. The SMILES string of the molecule is C=C[C@@H]([C@H]1OC(C)(C)OC1COCc1ccccc1)N(O)Cc1ccccc1. The van der Waals surface area contributed by atoms with Gasteiger partial charge in [-0.15, -0.1) is 6.58 Å². The molecule has 0 saturated carbocycles. The van der Waals surface area contributed by atoms with E-state index in [1.54, 1.807) is 6.08 Å². The highest BCUT2D eigenvalue weighted by molar-refractivity contribution is 5.15. The molecule has 1 heterocycles. The molecule has 1 aliphatic rings. The van der Waals surface area contributed by atoms with Crippen molar-refractivity contribution in [3.8, 4) is 0 Å². The summed E-state index contributed by atoms with van der Waals surface area (Å²) in [5.41, 5.74) is 2.11. The summed E-state index contributed by atoms with van der Waals surface area (Å²) in [6.07, 6.45) is 0.992. The molecule has 28 heavy (non-hydrogen) atoms. The molecule has 1 N–H and O–H groups in total. The zero-order chi connectivity index (χ0) is 20.0. The lowest BCUT2D eigenvalue weighted by Crippen LogP contribution is -2.46. The van der Waals surface area contributed by atoms with Gasteiger partial charge in [0.2, 0.25) is 0 Å². The monoisotopic (exact) mass is 383 g/mol. The zero-order valence-corrected chi connectivity index (χ0v) is 16.5. The molecule has 0 spiro atoms. The minimum absolute atomic E-state index is 0.313. The molecule has 5 nitrogen and oxygen atoms in total. The Morgan fingerprint density at radius 3 is 2.29 bits per heavy atom. The van der Waals surface area contributed by atoms with E-state index in [1.807, 2.05) is 74.5 Å². The Labute approximate surface area is 167 Å². The van der Waals surface area contributed by atoms with Gasteiger partial charge in [0, 0.05) is 6.54 Å². The van der Waals surface area contributed by atoms with E-state index < -0.39 is 17.9 Å². The average molecular weight is 383 g/mol. The van der Waals surface area contributed by atoms with Gasteiger partial charge < -0.3 is 19.4 Å². The first-order chi connectivity index (χ1) is 13.5. The number of nitrogens with zero attached hydrogens (tertiary/aromatic N) is 1. The van der Waals surface area contributed by atoms with E-state index >= 15 is 0 Å². The van der Waals surface area contributed by atoms with Gasteiger partial charge in [0.25, 0.3) is 0 Å². The van der Waals surface area contributed by atoms with Crippen molar-refractivity contribution < 1.29 is 19.4 Å². The molecule has 3 rings (SSSR count). The van der Waals surface area contributed by atoms with Crippen LogP contribution in [0.1, 0.15) is 25.0 Å². The largest absolute Gasteiger partial charge is 0.374 e. The second-order valence-corrected chi connectivity index (χ2v) is 7.45. The summed E-state index contributed by atoms with van der Waals surface area (Å²) >= 11 is 0. The molecule has 0 bridgehead atoms. The normalized spacial score (nSPS) is 22.3. The molecule has 1 fully saturated rings. The third kappa shape index (κ3) is 5.50. The molecule has 3 atom stereocenters. The van der Waals surface area contributed by atoms with Crippen molar-refractivity contribution in [1.29, 1.82) is 0 Å². The average Bonchev–Trinajstić information content (AvgIpc) is 2.98. The fourth-order valence-electron chi connectivity index (χ4n) is 3.45. The molecule has 1 unspecified atom stereocenters. The summed E-state index contributed by atoms with van der Waals surface area (Å²) in [7, 11) is 0. The van der Waals surface area contributed by atoms with E-state index in [4.69, 9.17) is 14.2 Å². The quantitative estimate of drug-likeness (QED) is 0.520. The molecule has 0 radical (unpaired) electrons. The van der Waals surface area contributed by atoms with E-state index in [0.29, 0.717) is 19.8 Å². The highest BCUT2D eigenvalue weighted by Gasteiger charge is 2.46. The lowest BCUT2D eigenvalue weighted by Gasteiger charge is -2.30. The summed E-state index contributed by atoms with van der Waals surface area (Å²) in [5, 5.41) is 12.0. The van der Waals surface area contributed by atoms with Crippen molar-refractivity contribution in [1.82, 2.24) is 5.06 Å². The highest BCUT2D eigenvalue weighted by Crippen LogP contribution is 2.32. The number of rotatable bonds is 9. The van der Waals surface area contributed by atoms with E-state index in [2.05, 4.69) is 6.58 Å². The highest BCUT2D eigenvalue weighted by atomic mass is 16.8. The summed E-state index contributed by atoms with van der Waals surface area (Å²) in [6.45, 7) is 8.88. The van der Waals surface area contributed by atoms with E-state index in [-0.39, 0.29) is 6.10 Å². The van der Waals surface area contributed by atoms with E-state index in [9.17, 15) is 5.21 Å². The van der Waals surface area contributed by atoms with Gasteiger partial charge in [-0.2, -0.15) is 5.06 Å². The predicted octanol–water partition coefficient (Wildman–Crippen LogP) is 4.17. The Balaban J connectivity index is 1.64. The van der Waals surface area contributed by atoms with Gasteiger partial charge in [-0.1, -0.05) is 66.7 Å². The third-order valence-corrected chi connectivity index (χ3v) is 4.72. The van der Waals surface area contributed by atoms with Crippen molar-refractivity contribution >= 4 is 0 Å². The Hall–Kier alpha value is -2.02. The van der Waals surface area contributed by atoms with Crippen LogP contribution >= 0.6 is 0 Å². The second kappa shape index (κ2) is 9.45. The number of ether oxygens (including phenoxy) is 3. The fraction of sp³-hybridized carbons (Fsp3) is 0.391. The van der Waals surface area contributed by atoms with Crippen LogP contribution in [0.2, 0.25) is 0 Å². The molecular formula is C23H29NO4. The van der Waals surface area contributed by atoms with Crippen LogP contribution in [-0.2, 0) is 27.4 Å². The standard InChI is InChI=1S/C23H29NO4/c1-4-20(24(25)15-18-11-7-5-8-12-18)22-21(27-23(2,3)28-22)17-26-16-19-13-9-6-10-14-19/h4-14,20-22,25H,1,15-17H2,2-3H3/t20-,21?,22+/m0/s1. The fourth-order valence-corrected chi connectivity index (χ4v) is 3.45. The van der Waals surface area contributed by atoms with Crippen LogP contribution in [0.4, 0.5) is 0 Å². The summed E-state index contributed by atoms with van der Waals surface area (Å²) in [5.74, 6) is -0.750. The first kappa shape index (κ1) is 20.7. The molecule has 150 valence electrons. The summed E-state index contributed by atoms with van der Waals surface area (Å²) in [4.78, 5) is 0. The molecule has 2 aromatic carbocycles. The van der Waals surface area contributed by atoms with Crippen molar-refractivity contribution in [2.75, 3.05) is 6.61 Å². The maximum absolute atomic E-state index is 10.7. The first-order valence-electron chi connectivity index (χ1n) is 9.58. The van der Waals surface area contributed by atoms with Crippen LogP contribution in [-0.4, -0.2) is 40.9 Å². The van der Waals surface area contributed by atoms with Crippen molar-refractivity contribution in [3.63, 3.8) is 0 Å². The van der Waals surface area contributed by atoms with Gasteiger partial charge in [0.15, 0.2) is 5.79 Å². The zero-order valence-electron chi connectivity index (χ0n) is 16.5. The van der Waals surface area contributed by atoms with Gasteiger partial charge in [0.05, 0.1) is 19.3 Å². The minimum atomic E-state index is -0.750. The van der Waals surface area contributed by atoms with Gasteiger partial charge in [0.1, 0.15) is 12.2 Å². The van der Waals surface area contributed by atoms with Gasteiger partial charge >= 0.3 is 0 Å². The Kier molecular flexibility index (Phi) is 6.99. The summed E-state index contributed by atoms with van der Waals surface area (Å²) in [6, 6.07) is 19.4. The van der Waals surface area contributed by atoms with Crippen LogP contribution in [0.15, 0.2) is 73.3 Å². The number of hydroxylamine groups is 2. The molecule has 2 aromatic rings. The van der Waals surface area contributed by atoms with Crippen molar-refractivity contribution in [2.24, 2.45) is 0 Å². The maximum atomic E-state index is 10.7. The lowest BCUT2D eigenvalue weighted by molar-refractivity contribution is -0.178. The number of benzene rings is 2. The molecule has 5 heteroatoms. The van der Waals surface area contributed by atoms with Gasteiger partial charge in [-0.05, 0) is 25.0 Å². The van der Waals surface area contributed by atoms with Crippen molar-refractivity contribution in [3.05, 3.63) is 84.4 Å². The second-order valence-electron chi connectivity index (χ2n) is 7.45. The van der Waals surface area contributed by atoms with Crippen LogP contribution in [0.5, 0.6) is 0 Å². The van der Waals surface area contributed by atoms with Crippen LogP contribution < -0.4 is 0 Å². The number of hydrogen-bond donors (Lipinski definition) is 1. The molecular weight excluding hydrogens is 354 g/mol. The first-order valence-corrected chi connectivity index (χ1v) is 9.58. The van der Waals surface area contributed by atoms with Crippen molar-refractivity contribution in [2.45, 2.75) is 51.0 Å². The maximum Gasteiger partial charge on any atom is 0.163 e. The summed E-state index contributed by atoms with van der Waals surface area (Å²) < 4.78 is 18.0. The lowest BCUT2D eigenvalue weighted by atomic mass is 10.0. The van der Waals surface area contributed by atoms with E-state index in [1.165, 1.54) is 5.06 Å². The third-order valence-electron chi connectivity index (χ3n) is 4.72. The molecule has 1 aliphatic heterocycles. The molecule has 0 amide bonds. The minimum Gasteiger partial charge on any atom is -0.374 e.